The van der Waals surface area contributed by atoms with Gasteiger partial charge < -0.3 is 15.3 Å². The normalized spacial score (nSPS) is 16.1. The van der Waals surface area contributed by atoms with Gasteiger partial charge in [-0.05, 0) is 25.3 Å². The Morgan fingerprint density at radius 1 is 1.42 bits per heavy atom. The van der Waals surface area contributed by atoms with E-state index >= 15 is 0 Å². The molecule has 7 heteroatoms. The quantitative estimate of drug-likeness (QED) is 0.283. The summed E-state index contributed by atoms with van der Waals surface area (Å²) < 4.78 is 0. The van der Waals surface area contributed by atoms with Crippen molar-refractivity contribution in [2.75, 3.05) is 19.6 Å². The Morgan fingerprint density at radius 3 is 2.58 bits per heavy atom. The highest BCUT2D eigenvalue weighted by atomic mass is 16.6. The lowest BCUT2D eigenvalue weighted by Gasteiger charge is -2.32. The molecule has 1 aromatic carbocycles. The van der Waals surface area contributed by atoms with Crippen molar-refractivity contribution in [1.29, 1.82) is 0 Å². The number of non-ortho nitro benzene ring substituents is 1. The van der Waals surface area contributed by atoms with Crippen LogP contribution in [0.5, 0.6) is 0 Å². The number of guanidine groups is 1. The summed E-state index contributed by atoms with van der Waals surface area (Å²) in [5.41, 5.74) is 2.00. The van der Waals surface area contributed by atoms with E-state index in [9.17, 15) is 15.2 Å². The second kappa shape index (κ2) is 8.44. The zero-order valence-electron chi connectivity index (χ0n) is 13.9. The van der Waals surface area contributed by atoms with Crippen LogP contribution in [-0.2, 0) is 6.54 Å². The minimum absolute atomic E-state index is 0.0772. The molecule has 0 saturated carbocycles. The first kappa shape index (κ1) is 17.9. The second-order valence-electron chi connectivity index (χ2n) is 6.09. The van der Waals surface area contributed by atoms with Crippen LogP contribution in [0.3, 0.4) is 0 Å². The van der Waals surface area contributed by atoms with E-state index in [-0.39, 0.29) is 11.8 Å². The van der Waals surface area contributed by atoms with Crippen molar-refractivity contribution < 1.29 is 10.0 Å². The van der Waals surface area contributed by atoms with Gasteiger partial charge in [-0.3, -0.25) is 10.1 Å². The van der Waals surface area contributed by atoms with Gasteiger partial charge in [0.15, 0.2) is 5.96 Å². The third-order valence-corrected chi connectivity index (χ3v) is 3.87. The van der Waals surface area contributed by atoms with E-state index in [2.05, 4.69) is 21.8 Å². The lowest BCUT2D eigenvalue weighted by molar-refractivity contribution is -0.384. The van der Waals surface area contributed by atoms with Crippen molar-refractivity contribution in [3.8, 4) is 0 Å². The maximum atomic E-state index is 10.7. The Kier molecular flexibility index (Phi) is 6.31. The Morgan fingerprint density at radius 2 is 2.04 bits per heavy atom. The number of aliphatic hydroxyl groups is 1. The third kappa shape index (κ3) is 5.34. The highest BCUT2D eigenvalue weighted by Gasteiger charge is 2.19. The number of hydrogen-bond donors (Lipinski definition) is 2. The summed E-state index contributed by atoms with van der Waals surface area (Å²) in [5, 5.41) is 23.6. The average molecular weight is 332 g/mol. The number of likely N-dealkylation sites (tertiary alicyclic amines) is 1. The van der Waals surface area contributed by atoms with Crippen LogP contribution in [-0.4, -0.2) is 46.6 Å². The number of piperidine rings is 1. The topological polar surface area (TPSA) is 91.0 Å². The summed E-state index contributed by atoms with van der Waals surface area (Å²) >= 11 is 0. The number of nitrogens with zero attached hydrogens (tertiary/aromatic N) is 3. The minimum atomic E-state index is -0.411. The Hall–Kier alpha value is -2.41. The number of benzene rings is 1. The number of nitro benzene ring substituents is 1. The molecule has 2 rings (SSSR count). The molecule has 130 valence electrons. The predicted molar refractivity (Wildman–Crippen MR) is 93.9 cm³/mol. The van der Waals surface area contributed by atoms with Crippen molar-refractivity contribution in [1.82, 2.24) is 10.2 Å². The van der Waals surface area contributed by atoms with Crippen LogP contribution >= 0.6 is 0 Å². The van der Waals surface area contributed by atoms with E-state index in [1.54, 1.807) is 12.1 Å². The highest BCUT2D eigenvalue weighted by Crippen LogP contribution is 2.14. The fourth-order valence-corrected chi connectivity index (χ4v) is 2.46. The molecule has 0 unspecified atom stereocenters. The minimum Gasteiger partial charge on any atom is -0.393 e. The standard InChI is InChI=1S/C17H24N4O3/c1-13(2)11-18-17(20-9-7-16(22)8-10-20)19-12-14-3-5-15(6-4-14)21(23)24/h3-6,16,22H,1,7-12H2,2H3,(H,18,19). The summed E-state index contributed by atoms with van der Waals surface area (Å²) in [6, 6.07) is 6.42. The van der Waals surface area contributed by atoms with Crippen molar-refractivity contribution in [2.45, 2.75) is 32.4 Å². The molecule has 0 radical (unpaired) electrons. The summed E-state index contributed by atoms with van der Waals surface area (Å²) in [7, 11) is 0. The molecule has 0 bridgehead atoms. The maximum Gasteiger partial charge on any atom is 0.269 e. The summed E-state index contributed by atoms with van der Waals surface area (Å²) in [6.07, 6.45) is 1.22. The molecule has 1 aliphatic rings. The van der Waals surface area contributed by atoms with Gasteiger partial charge in [-0.15, -0.1) is 0 Å². The molecule has 1 fully saturated rings. The van der Waals surface area contributed by atoms with Gasteiger partial charge >= 0.3 is 0 Å². The first-order valence-electron chi connectivity index (χ1n) is 8.04. The molecule has 1 aromatic rings. The van der Waals surface area contributed by atoms with Gasteiger partial charge in [0.05, 0.1) is 17.6 Å². The second-order valence-corrected chi connectivity index (χ2v) is 6.09. The first-order chi connectivity index (χ1) is 11.5. The molecule has 7 nitrogen and oxygen atoms in total. The van der Waals surface area contributed by atoms with Crippen LogP contribution in [0.1, 0.15) is 25.3 Å². The SMILES string of the molecule is C=C(C)CNC(=NCc1ccc([N+](=O)[O-])cc1)N1CCC(O)CC1. The van der Waals surface area contributed by atoms with E-state index in [0.29, 0.717) is 13.1 Å². The van der Waals surface area contributed by atoms with Crippen LogP contribution in [0.2, 0.25) is 0 Å². The van der Waals surface area contributed by atoms with Gasteiger partial charge in [0.2, 0.25) is 0 Å². The van der Waals surface area contributed by atoms with Crippen molar-refractivity contribution >= 4 is 11.6 Å². The Labute approximate surface area is 141 Å². The molecule has 0 amide bonds. The fourth-order valence-electron chi connectivity index (χ4n) is 2.46. The van der Waals surface area contributed by atoms with Crippen LogP contribution in [0, 0.1) is 10.1 Å². The molecule has 1 heterocycles. The van der Waals surface area contributed by atoms with Crippen LogP contribution in [0.25, 0.3) is 0 Å². The zero-order chi connectivity index (χ0) is 17.5. The number of nitrogens with one attached hydrogen (secondary N) is 1. The van der Waals surface area contributed by atoms with E-state index in [4.69, 9.17) is 0 Å². The number of rotatable bonds is 5. The molecule has 0 aromatic heterocycles. The molecule has 0 spiro atoms. The zero-order valence-corrected chi connectivity index (χ0v) is 13.9. The lowest BCUT2D eigenvalue weighted by Crippen LogP contribution is -2.47. The fraction of sp³-hybridized carbons (Fsp3) is 0.471. The molecule has 0 aliphatic carbocycles. The van der Waals surface area contributed by atoms with Crippen molar-refractivity contribution in [2.24, 2.45) is 4.99 Å². The maximum absolute atomic E-state index is 10.7. The summed E-state index contributed by atoms with van der Waals surface area (Å²) in [4.78, 5) is 17.0. The van der Waals surface area contributed by atoms with E-state index in [1.807, 2.05) is 6.92 Å². The van der Waals surface area contributed by atoms with Crippen molar-refractivity contribution in [3.63, 3.8) is 0 Å². The molecular formula is C17H24N4O3. The molecule has 1 saturated heterocycles. The van der Waals surface area contributed by atoms with Gasteiger partial charge in [-0.2, -0.15) is 0 Å². The number of aliphatic hydroxyl groups excluding tert-OH is 1. The molecule has 0 atom stereocenters. The molecule has 2 N–H and O–H groups in total. The van der Waals surface area contributed by atoms with Gasteiger partial charge in [0, 0.05) is 31.8 Å². The van der Waals surface area contributed by atoms with Gasteiger partial charge in [0.1, 0.15) is 0 Å². The van der Waals surface area contributed by atoms with E-state index in [0.717, 1.165) is 43.0 Å². The van der Waals surface area contributed by atoms with Gasteiger partial charge in [0.25, 0.3) is 5.69 Å². The number of nitro groups is 1. The van der Waals surface area contributed by atoms with Crippen LogP contribution in [0.4, 0.5) is 5.69 Å². The highest BCUT2D eigenvalue weighted by molar-refractivity contribution is 5.80. The number of hydrogen-bond acceptors (Lipinski definition) is 4. The summed E-state index contributed by atoms with van der Waals surface area (Å²) in [5.74, 6) is 0.781. The Bertz CT molecular complexity index is 605. The number of aliphatic imine (C=N–C) groups is 1. The lowest BCUT2D eigenvalue weighted by atomic mass is 10.1. The smallest absolute Gasteiger partial charge is 0.269 e. The van der Waals surface area contributed by atoms with Gasteiger partial charge in [-0.25, -0.2) is 4.99 Å². The molecule has 24 heavy (non-hydrogen) atoms. The first-order valence-corrected chi connectivity index (χ1v) is 8.04. The Balaban J connectivity index is 2.05. The van der Waals surface area contributed by atoms with E-state index < -0.39 is 4.92 Å². The predicted octanol–water partition coefficient (Wildman–Crippen LogP) is 2.07. The van der Waals surface area contributed by atoms with Gasteiger partial charge in [-0.1, -0.05) is 24.3 Å². The van der Waals surface area contributed by atoms with Crippen molar-refractivity contribution in [3.05, 3.63) is 52.1 Å². The van der Waals surface area contributed by atoms with Crippen LogP contribution < -0.4 is 5.32 Å². The average Bonchev–Trinajstić information content (AvgIpc) is 2.56. The van der Waals surface area contributed by atoms with Crippen LogP contribution in [0.15, 0.2) is 41.4 Å². The monoisotopic (exact) mass is 332 g/mol. The third-order valence-electron chi connectivity index (χ3n) is 3.87. The molecular weight excluding hydrogens is 308 g/mol. The molecule has 1 aliphatic heterocycles. The van der Waals surface area contributed by atoms with E-state index in [1.165, 1.54) is 12.1 Å². The summed E-state index contributed by atoms with van der Waals surface area (Å²) in [6.45, 7) is 8.42. The largest absolute Gasteiger partial charge is 0.393 e.